The summed E-state index contributed by atoms with van der Waals surface area (Å²) >= 11 is 0. The van der Waals surface area contributed by atoms with Gasteiger partial charge >= 0.3 is 0 Å². The molecule has 1 unspecified atom stereocenters. The summed E-state index contributed by atoms with van der Waals surface area (Å²) in [6, 6.07) is 4.01. The van der Waals surface area contributed by atoms with Gasteiger partial charge in [0.25, 0.3) is 5.91 Å². The van der Waals surface area contributed by atoms with E-state index in [4.69, 9.17) is 10.5 Å². The molecule has 20 heavy (non-hydrogen) atoms. The van der Waals surface area contributed by atoms with E-state index in [-0.39, 0.29) is 24.0 Å². The lowest BCUT2D eigenvalue weighted by atomic mass is 10.0. The zero-order valence-electron chi connectivity index (χ0n) is 12.0. The number of hydrogen-bond donors (Lipinski definition) is 2. The molecule has 6 heteroatoms. The number of nitrogens with two attached hydrogens (primary N) is 1. The van der Waals surface area contributed by atoms with Gasteiger partial charge in [-0.3, -0.25) is 4.79 Å². The number of nitrogens with one attached hydrogen (secondary N) is 1. The first-order valence-corrected chi connectivity index (χ1v) is 6.32. The lowest BCUT2D eigenvalue weighted by molar-refractivity contribution is 0.0929. The van der Waals surface area contributed by atoms with Crippen LogP contribution in [-0.2, 0) is 0 Å². The lowest BCUT2D eigenvalue weighted by Gasteiger charge is -2.19. The van der Waals surface area contributed by atoms with E-state index in [2.05, 4.69) is 5.32 Å². The minimum Gasteiger partial charge on any atom is -0.497 e. The minimum atomic E-state index is -0.600. The maximum absolute atomic E-state index is 13.7. The number of rotatable bonds is 6. The zero-order valence-corrected chi connectivity index (χ0v) is 12.8. The van der Waals surface area contributed by atoms with Crippen LogP contribution in [0.25, 0.3) is 0 Å². The van der Waals surface area contributed by atoms with E-state index >= 15 is 0 Å². The van der Waals surface area contributed by atoms with Crippen molar-refractivity contribution < 1.29 is 13.9 Å². The number of methoxy groups -OCH3 is 1. The van der Waals surface area contributed by atoms with Crippen LogP contribution in [0.4, 0.5) is 4.39 Å². The average molecular weight is 305 g/mol. The molecule has 1 amide bonds. The second kappa shape index (κ2) is 8.76. The lowest BCUT2D eigenvalue weighted by Crippen LogP contribution is -2.41. The predicted molar refractivity (Wildman–Crippen MR) is 80.0 cm³/mol. The predicted octanol–water partition coefficient (Wildman–Crippen LogP) is 2.36. The van der Waals surface area contributed by atoms with Crippen LogP contribution in [0.1, 0.15) is 30.6 Å². The van der Waals surface area contributed by atoms with Crippen LogP contribution in [0.5, 0.6) is 5.75 Å². The van der Waals surface area contributed by atoms with E-state index in [0.717, 1.165) is 6.42 Å². The van der Waals surface area contributed by atoms with Crippen molar-refractivity contribution in [3.8, 4) is 5.75 Å². The molecule has 0 bridgehead atoms. The molecule has 0 aliphatic carbocycles. The van der Waals surface area contributed by atoms with Gasteiger partial charge in [0.15, 0.2) is 0 Å². The molecule has 1 aromatic rings. The Morgan fingerprint density at radius 2 is 2.10 bits per heavy atom. The van der Waals surface area contributed by atoms with Crippen LogP contribution in [0.3, 0.4) is 0 Å². The Kier molecular flexibility index (Phi) is 8.18. The molecule has 1 rings (SSSR count). The summed E-state index contributed by atoms with van der Waals surface area (Å²) in [7, 11) is 1.45. The summed E-state index contributed by atoms with van der Waals surface area (Å²) < 4.78 is 18.6. The molecule has 0 radical (unpaired) electrons. The summed E-state index contributed by atoms with van der Waals surface area (Å²) in [6.07, 6.45) is 0.764. The molecule has 0 spiro atoms. The van der Waals surface area contributed by atoms with Gasteiger partial charge in [0.05, 0.1) is 12.7 Å². The van der Waals surface area contributed by atoms with Crippen molar-refractivity contribution in [3.05, 3.63) is 29.6 Å². The molecule has 0 heterocycles. The quantitative estimate of drug-likeness (QED) is 0.848. The van der Waals surface area contributed by atoms with Crippen molar-refractivity contribution in [3.63, 3.8) is 0 Å². The Bertz CT molecular complexity index is 441. The number of carbonyl (C=O) groups excluding carboxylic acids is 1. The fourth-order valence-corrected chi connectivity index (χ4v) is 1.85. The monoisotopic (exact) mass is 304 g/mol. The highest BCUT2D eigenvalue weighted by molar-refractivity contribution is 5.94. The number of amides is 1. The Morgan fingerprint density at radius 3 is 2.55 bits per heavy atom. The third-order valence-corrected chi connectivity index (χ3v) is 2.80. The molecule has 0 fully saturated rings. The highest BCUT2D eigenvalue weighted by Gasteiger charge is 2.17. The van der Waals surface area contributed by atoms with Crippen LogP contribution in [0, 0.1) is 11.7 Å². The Morgan fingerprint density at radius 1 is 1.45 bits per heavy atom. The smallest absolute Gasteiger partial charge is 0.254 e. The van der Waals surface area contributed by atoms with Gasteiger partial charge in [0, 0.05) is 18.7 Å². The number of halogens is 2. The van der Waals surface area contributed by atoms with Crippen LogP contribution < -0.4 is 15.8 Å². The van der Waals surface area contributed by atoms with Gasteiger partial charge in [-0.05, 0) is 24.5 Å². The van der Waals surface area contributed by atoms with Crippen molar-refractivity contribution in [1.82, 2.24) is 5.32 Å². The maximum atomic E-state index is 13.7. The number of hydrogen-bond acceptors (Lipinski definition) is 3. The van der Waals surface area contributed by atoms with Gasteiger partial charge in [-0.1, -0.05) is 13.8 Å². The van der Waals surface area contributed by atoms with Crippen molar-refractivity contribution in [2.24, 2.45) is 11.7 Å². The van der Waals surface area contributed by atoms with Gasteiger partial charge in [0.1, 0.15) is 11.6 Å². The topological polar surface area (TPSA) is 64.3 Å². The third kappa shape index (κ3) is 5.35. The van der Waals surface area contributed by atoms with Crippen LogP contribution >= 0.6 is 12.4 Å². The molecule has 0 aliphatic rings. The largest absolute Gasteiger partial charge is 0.497 e. The SMILES string of the molecule is COc1ccc(C(=O)NC(CN)CC(C)C)c(F)c1.Cl. The third-order valence-electron chi connectivity index (χ3n) is 2.80. The van der Waals surface area contributed by atoms with Gasteiger partial charge in [-0.25, -0.2) is 4.39 Å². The van der Waals surface area contributed by atoms with Crippen LogP contribution in [0.2, 0.25) is 0 Å². The normalized spacial score (nSPS) is 11.7. The van der Waals surface area contributed by atoms with Crippen molar-refractivity contribution in [2.45, 2.75) is 26.3 Å². The number of carbonyl (C=O) groups is 1. The van der Waals surface area contributed by atoms with E-state index in [1.54, 1.807) is 6.07 Å². The van der Waals surface area contributed by atoms with Crippen LogP contribution in [-0.4, -0.2) is 25.6 Å². The van der Waals surface area contributed by atoms with Gasteiger partial charge < -0.3 is 15.8 Å². The summed E-state index contributed by atoms with van der Waals surface area (Å²) in [6.45, 7) is 4.42. The zero-order chi connectivity index (χ0) is 14.4. The summed E-state index contributed by atoms with van der Waals surface area (Å²) in [5.41, 5.74) is 5.61. The van der Waals surface area contributed by atoms with E-state index in [1.807, 2.05) is 13.8 Å². The van der Waals surface area contributed by atoms with E-state index in [0.29, 0.717) is 18.2 Å². The van der Waals surface area contributed by atoms with E-state index in [9.17, 15) is 9.18 Å². The van der Waals surface area contributed by atoms with Crippen LogP contribution in [0.15, 0.2) is 18.2 Å². The summed E-state index contributed by atoms with van der Waals surface area (Å²) in [4.78, 5) is 12.0. The first-order valence-electron chi connectivity index (χ1n) is 6.32. The molecular weight excluding hydrogens is 283 g/mol. The summed E-state index contributed by atoms with van der Waals surface area (Å²) in [5, 5.41) is 2.75. The molecular formula is C14H22ClFN2O2. The molecule has 4 nitrogen and oxygen atoms in total. The highest BCUT2D eigenvalue weighted by Crippen LogP contribution is 2.16. The maximum Gasteiger partial charge on any atom is 0.254 e. The van der Waals surface area contributed by atoms with E-state index < -0.39 is 11.7 Å². The molecule has 0 aromatic heterocycles. The first kappa shape index (κ1) is 18.7. The van der Waals surface area contributed by atoms with Gasteiger partial charge in [-0.2, -0.15) is 0 Å². The standard InChI is InChI=1S/C14H21FN2O2.ClH/c1-9(2)6-10(8-16)17-14(18)12-5-4-11(19-3)7-13(12)15;/h4-5,7,9-10H,6,8,16H2,1-3H3,(H,17,18);1H. The second-order valence-electron chi connectivity index (χ2n) is 4.88. The summed E-state index contributed by atoms with van der Waals surface area (Å²) in [5.74, 6) is -0.255. The van der Waals surface area contributed by atoms with Crippen molar-refractivity contribution >= 4 is 18.3 Å². The van der Waals surface area contributed by atoms with E-state index in [1.165, 1.54) is 19.2 Å². The average Bonchev–Trinajstić information content (AvgIpc) is 2.36. The fourth-order valence-electron chi connectivity index (χ4n) is 1.85. The molecule has 0 saturated carbocycles. The molecule has 1 aromatic carbocycles. The second-order valence-corrected chi connectivity index (χ2v) is 4.88. The highest BCUT2D eigenvalue weighted by atomic mass is 35.5. The Labute approximate surface area is 125 Å². The molecule has 1 atom stereocenters. The number of benzene rings is 1. The van der Waals surface area contributed by atoms with Crippen molar-refractivity contribution in [2.75, 3.05) is 13.7 Å². The fraction of sp³-hybridized carbons (Fsp3) is 0.500. The molecule has 114 valence electrons. The number of ether oxygens (including phenoxy) is 1. The molecule has 3 N–H and O–H groups in total. The van der Waals surface area contributed by atoms with Crippen molar-refractivity contribution in [1.29, 1.82) is 0 Å². The Balaban J connectivity index is 0.00000361. The molecule has 0 aliphatic heterocycles. The van der Waals surface area contributed by atoms with Gasteiger partial charge in [-0.15, -0.1) is 12.4 Å². The molecule has 0 saturated heterocycles. The Hall–Kier alpha value is -1.33. The minimum absolute atomic E-state index is 0. The van der Waals surface area contributed by atoms with Gasteiger partial charge in [0.2, 0.25) is 0 Å². The first-order chi connectivity index (χ1) is 8.97.